The number of hydrogen-bond acceptors (Lipinski definition) is 8. The number of amides is 1. The van der Waals surface area contributed by atoms with Crippen LogP contribution in [0.5, 0.6) is 11.5 Å². The highest BCUT2D eigenvalue weighted by atomic mass is 32.2. The van der Waals surface area contributed by atoms with Gasteiger partial charge < -0.3 is 14.8 Å². The summed E-state index contributed by atoms with van der Waals surface area (Å²) < 4.78 is 10.6. The highest BCUT2D eigenvalue weighted by molar-refractivity contribution is 7.99. The molecule has 0 spiro atoms. The van der Waals surface area contributed by atoms with Gasteiger partial charge in [-0.05, 0) is 43.4 Å². The molecule has 1 amide bonds. The van der Waals surface area contributed by atoms with E-state index in [4.69, 9.17) is 9.47 Å². The molecule has 3 aromatic rings. The number of ether oxygens (including phenoxy) is 2. The number of aryl methyl sites for hydroxylation is 1. The molecule has 0 unspecified atom stereocenters. The lowest BCUT2D eigenvalue weighted by molar-refractivity contribution is -0.113. The van der Waals surface area contributed by atoms with Gasteiger partial charge in [-0.3, -0.25) is 9.89 Å². The van der Waals surface area contributed by atoms with Crippen molar-refractivity contribution in [3.05, 3.63) is 34.2 Å². The molecule has 2 N–H and O–H groups in total. The lowest BCUT2D eigenvalue weighted by atomic mass is 9.96. The number of nitriles is 1. The largest absolute Gasteiger partial charge is 0.497 e. The van der Waals surface area contributed by atoms with E-state index >= 15 is 0 Å². The highest BCUT2D eigenvalue weighted by Crippen LogP contribution is 2.37. The number of carbonyl (C=O) groups is 1. The number of methoxy groups -OCH3 is 2. The molecule has 8 nitrogen and oxygen atoms in total. The van der Waals surface area contributed by atoms with E-state index in [9.17, 15) is 10.1 Å². The second-order valence-electron chi connectivity index (χ2n) is 6.93. The number of aromatic nitrogens is 3. The summed E-state index contributed by atoms with van der Waals surface area (Å²) in [6, 6.07) is 7.69. The molecule has 0 radical (unpaired) electrons. The van der Waals surface area contributed by atoms with Crippen LogP contribution in [0.25, 0.3) is 11.4 Å². The van der Waals surface area contributed by atoms with Crippen LogP contribution in [0.15, 0.2) is 23.4 Å². The number of benzene rings is 1. The van der Waals surface area contributed by atoms with E-state index in [2.05, 4.69) is 26.6 Å². The molecule has 2 aromatic heterocycles. The molecule has 0 bridgehead atoms. The number of thioether (sulfide) groups is 1. The number of rotatable bonds is 7. The quantitative estimate of drug-likeness (QED) is 0.517. The maximum Gasteiger partial charge on any atom is 0.235 e. The van der Waals surface area contributed by atoms with Gasteiger partial charge in [0.1, 0.15) is 22.6 Å². The molecule has 0 saturated heterocycles. The van der Waals surface area contributed by atoms with Crippen molar-refractivity contribution in [1.29, 1.82) is 5.26 Å². The van der Waals surface area contributed by atoms with Crippen molar-refractivity contribution in [3.8, 4) is 29.0 Å². The van der Waals surface area contributed by atoms with Crippen molar-refractivity contribution in [2.24, 2.45) is 0 Å². The molecule has 31 heavy (non-hydrogen) atoms. The van der Waals surface area contributed by atoms with Crippen molar-refractivity contribution in [2.45, 2.75) is 30.8 Å². The van der Waals surface area contributed by atoms with Crippen LogP contribution in [-0.2, 0) is 17.6 Å². The van der Waals surface area contributed by atoms with Crippen molar-refractivity contribution < 1.29 is 14.3 Å². The van der Waals surface area contributed by atoms with Crippen LogP contribution in [0.4, 0.5) is 5.00 Å². The fraction of sp³-hybridized carbons (Fsp3) is 0.333. The lowest BCUT2D eigenvalue weighted by Crippen LogP contribution is -2.14. The Hall–Kier alpha value is -3.03. The van der Waals surface area contributed by atoms with Crippen LogP contribution in [0.3, 0.4) is 0 Å². The molecule has 1 aromatic carbocycles. The zero-order chi connectivity index (χ0) is 21.8. The van der Waals surface area contributed by atoms with Gasteiger partial charge in [0.05, 0.1) is 25.5 Å². The number of nitrogens with one attached hydrogen (secondary N) is 2. The summed E-state index contributed by atoms with van der Waals surface area (Å²) in [6.07, 6.45) is 4.12. The first-order chi connectivity index (χ1) is 15.1. The zero-order valence-electron chi connectivity index (χ0n) is 17.2. The van der Waals surface area contributed by atoms with Gasteiger partial charge in [0.15, 0.2) is 5.82 Å². The number of hydrogen-bond donors (Lipinski definition) is 2. The predicted octanol–water partition coefficient (Wildman–Crippen LogP) is 4.03. The Labute approximate surface area is 188 Å². The summed E-state index contributed by atoms with van der Waals surface area (Å²) in [5.74, 6) is 1.80. The molecule has 0 fully saturated rings. The molecule has 0 atom stereocenters. The standard InChI is InChI=1S/C21H21N5O3S2/c1-28-13-7-12(8-14(9-13)29-2)19-24-21(26-25-19)30-11-18(27)23-20-16(10-22)15-5-3-4-6-17(15)31-20/h7-9H,3-6,11H2,1-2H3,(H,23,27)(H,24,25,26). The fourth-order valence-electron chi connectivity index (χ4n) is 3.45. The van der Waals surface area contributed by atoms with Crippen molar-refractivity contribution in [2.75, 3.05) is 25.3 Å². The topological polar surface area (TPSA) is 113 Å². The number of carbonyl (C=O) groups excluding carboxylic acids is 1. The average molecular weight is 456 g/mol. The maximum absolute atomic E-state index is 12.5. The van der Waals surface area contributed by atoms with E-state index in [-0.39, 0.29) is 11.7 Å². The third-order valence-electron chi connectivity index (χ3n) is 4.96. The minimum atomic E-state index is -0.186. The number of fused-ring (bicyclic) bond motifs is 1. The summed E-state index contributed by atoms with van der Waals surface area (Å²) >= 11 is 2.75. The summed E-state index contributed by atoms with van der Waals surface area (Å²) in [5.41, 5.74) is 2.49. The summed E-state index contributed by atoms with van der Waals surface area (Å²) in [7, 11) is 3.17. The Morgan fingerprint density at radius 3 is 2.71 bits per heavy atom. The number of anilines is 1. The van der Waals surface area contributed by atoms with Crippen molar-refractivity contribution >= 4 is 34.0 Å². The molecule has 2 heterocycles. The number of thiophene rings is 1. The molecular formula is C21H21N5O3S2. The number of H-pyrrole nitrogens is 1. The Bertz CT molecular complexity index is 1130. The molecule has 4 rings (SSSR count). The molecule has 0 saturated carbocycles. The average Bonchev–Trinajstić information content (AvgIpc) is 3.41. The monoisotopic (exact) mass is 455 g/mol. The first-order valence-electron chi connectivity index (χ1n) is 9.74. The predicted molar refractivity (Wildman–Crippen MR) is 120 cm³/mol. The van der Waals surface area contributed by atoms with Crippen LogP contribution in [-0.4, -0.2) is 41.1 Å². The fourth-order valence-corrected chi connectivity index (χ4v) is 5.30. The van der Waals surface area contributed by atoms with Crippen molar-refractivity contribution in [1.82, 2.24) is 15.2 Å². The van der Waals surface area contributed by atoms with E-state index in [0.717, 1.165) is 36.8 Å². The molecule has 10 heteroatoms. The normalized spacial score (nSPS) is 12.7. The Kier molecular flexibility index (Phi) is 6.44. The van der Waals surface area contributed by atoms with Crippen LogP contribution in [0.2, 0.25) is 0 Å². The summed E-state index contributed by atoms with van der Waals surface area (Å²) in [5, 5.41) is 20.6. The van der Waals surface area contributed by atoms with Crippen LogP contribution in [0, 0.1) is 11.3 Å². The molecule has 1 aliphatic rings. The van der Waals surface area contributed by atoms with E-state index in [0.29, 0.717) is 33.0 Å². The van der Waals surface area contributed by atoms with Gasteiger partial charge in [0.2, 0.25) is 11.1 Å². The van der Waals surface area contributed by atoms with Gasteiger partial charge in [-0.1, -0.05) is 11.8 Å². The Morgan fingerprint density at radius 2 is 2.00 bits per heavy atom. The Balaban J connectivity index is 1.41. The minimum Gasteiger partial charge on any atom is -0.497 e. The first-order valence-corrected chi connectivity index (χ1v) is 11.5. The second-order valence-corrected chi connectivity index (χ2v) is 8.98. The smallest absolute Gasteiger partial charge is 0.235 e. The summed E-state index contributed by atoms with van der Waals surface area (Å²) in [6.45, 7) is 0. The molecular weight excluding hydrogens is 434 g/mol. The van der Waals surface area contributed by atoms with Gasteiger partial charge in [-0.25, -0.2) is 4.98 Å². The third kappa shape index (κ3) is 4.68. The molecule has 160 valence electrons. The SMILES string of the molecule is COc1cc(OC)cc(-c2nc(SCC(=O)Nc3sc4c(c3C#N)CCCC4)n[nH]2)c1. The van der Waals surface area contributed by atoms with E-state index in [1.54, 1.807) is 20.3 Å². The first kappa shape index (κ1) is 21.2. The van der Waals surface area contributed by atoms with E-state index in [1.165, 1.54) is 28.0 Å². The zero-order valence-corrected chi connectivity index (χ0v) is 18.8. The molecule has 1 aliphatic carbocycles. The van der Waals surface area contributed by atoms with Gasteiger partial charge >= 0.3 is 0 Å². The lowest BCUT2D eigenvalue weighted by Gasteiger charge is -2.09. The Morgan fingerprint density at radius 1 is 1.26 bits per heavy atom. The van der Waals surface area contributed by atoms with E-state index < -0.39 is 0 Å². The van der Waals surface area contributed by atoms with Crippen LogP contribution in [0.1, 0.15) is 28.8 Å². The number of nitrogens with zero attached hydrogens (tertiary/aromatic N) is 3. The van der Waals surface area contributed by atoms with Gasteiger partial charge in [0, 0.05) is 16.5 Å². The second kappa shape index (κ2) is 9.41. The number of aromatic amines is 1. The van der Waals surface area contributed by atoms with Crippen LogP contribution < -0.4 is 14.8 Å². The molecule has 0 aliphatic heterocycles. The summed E-state index contributed by atoms with van der Waals surface area (Å²) in [4.78, 5) is 18.2. The van der Waals surface area contributed by atoms with Crippen LogP contribution >= 0.6 is 23.1 Å². The minimum absolute atomic E-state index is 0.145. The highest BCUT2D eigenvalue weighted by Gasteiger charge is 2.22. The van der Waals surface area contributed by atoms with E-state index in [1.807, 2.05) is 12.1 Å². The van der Waals surface area contributed by atoms with Gasteiger partial charge in [0.25, 0.3) is 0 Å². The van der Waals surface area contributed by atoms with Gasteiger partial charge in [-0.2, -0.15) is 5.26 Å². The maximum atomic E-state index is 12.5. The third-order valence-corrected chi connectivity index (χ3v) is 7.01. The van der Waals surface area contributed by atoms with Gasteiger partial charge in [-0.15, -0.1) is 16.4 Å². The van der Waals surface area contributed by atoms with Crippen molar-refractivity contribution in [3.63, 3.8) is 0 Å².